The molecule has 1 amide bonds. The first-order valence-electron chi connectivity index (χ1n) is 17.7. The number of alkyl carbamates (subject to hydrolysis) is 1. The van der Waals surface area contributed by atoms with Crippen LogP contribution < -0.4 is 5.32 Å². The normalized spacial score (nSPS) is 29.5. The van der Waals surface area contributed by atoms with Crippen LogP contribution in [0.25, 0.3) is 5.57 Å². The van der Waals surface area contributed by atoms with Crippen molar-refractivity contribution in [3.63, 3.8) is 0 Å². The molecule has 4 aliphatic rings. The molecule has 0 bridgehead atoms. The third-order valence-electron chi connectivity index (χ3n) is 11.5. The van der Waals surface area contributed by atoms with Gasteiger partial charge in [-0.3, -0.25) is 4.98 Å². The van der Waals surface area contributed by atoms with Crippen LogP contribution in [-0.4, -0.2) is 47.7 Å². The maximum atomic E-state index is 13.0. The molecule has 1 aromatic heterocycles. The second-order valence-electron chi connectivity index (χ2n) is 15.7. The summed E-state index contributed by atoms with van der Waals surface area (Å²) >= 11 is 0. The fraction of sp³-hybridized carbons (Fsp3) is 0.550. The zero-order chi connectivity index (χ0) is 34.8. The molecule has 0 saturated heterocycles. The Morgan fingerprint density at radius 2 is 1.71 bits per heavy atom. The number of esters is 1. The molecule has 2 saturated carbocycles. The molecule has 6 rings (SSSR count). The molecule has 1 heterocycles. The third-order valence-corrected chi connectivity index (χ3v) is 11.5. The summed E-state index contributed by atoms with van der Waals surface area (Å²) in [4.78, 5) is 42.5. The van der Waals surface area contributed by atoms with Gasteiger partial charge in [-0.15, -0.1) is 0 Å². The highest BCUT2D eigenvalue weighted by Crippen LogP contribution is 2.66. The molecule has 4 aliphatic carbocycles. The van der Waals surface area contributed by atoms with Crippen LogP contribution in [0, 0.1) is 28.6 Å². The number of carbonyl (C=O) groups excluding carboxylic acids is 3. The minimum Gasteiger partial charge on any atom is -0.444 e. The number of amides is 1. The van der Waals surface area contributed by atoms with Crippen LogP contribution in [-0.2, 0) is 30.2 Å². The molecule has 1 aromatic carbocycles. The number of hydrogen-bond donors (Lipinski definition) is 1. The maximum absolute atomic E-state index is 13.0. The van der Waals surface area contributed by atoms with E-state index >= 15 is 0 Å². The van der Waals surface area contributed by atoms with Gasteiger partial charge in [0.15, 0.2) is 0 Å². The SMILES string of the molecule is CC(C)(C)OC(=O)NC(Cc1ccccc1)C(=O)OCOC(=O)O[C@H]1CC[C@@]2(C)C(=CC[C@@H]3[C@@H]2CC[C@]2(C)C(c4cccnc4)=CC[C@@H]32)C1. The lowest BCUT2D eigenvalue weighted by molar-refractivity contribution is -0.156. The number of rotatable bonds is 8. The molecular weight excluding hydrogens is 620 g/mol. The number of nitrogens with zero attached hydrogens (tertiary/aromatic N) is 1. The highest BCUT2D eigenvalue weighted by atomic mass is 16.8. The molecular formula is C40H50N2O7. The fourth-order valence-corrected chi connectivity index (χ4v) is 9.16. The molecule has 2 aromatic rings. The summed E-state index contributed by atoms with van der Waals surface area (Å²) in [6.45, 7) is 9.49. The lowest BCUT2D eigenvalue weighted by Crippen LogP contribution is -2.50. The van der Waals surface area contributed by atoms with Gasteiger partial charge in [-0.2, -0.15) is 0 Å². The summed E-state index contributed by atoms with van der Waals surface area (Å²) < 4.78 is 21.5. The summed E-state index contributed by atoms with van der Waals surface area (Å²) in [6, 6.07) is 12.4. The van der Waals surface area contributed by atoms with Gasteiger partial charge in [0.05, 0.1) is 0 Å². The van der Waals surface area contributed by atoms with Crippen LogP contribution in [0.1, 0.15) is 90.7 Å². The minimum absolute atomic E-state index is 0.0928. The molecule has 262 valence electrons. The lowest BCUT2D eigenvalue weighted by Gasteiger charge is -2.57. The first kappa shape index (κ1) is 34.7. The fourth-order valence-electron chi connectivity index (χ4n) is 9.16. The summed E-state index contributed by atoms with van der Waals surface area (Å²) in [5, 5.41) is 2.58. The van der Waals surface area contributed by atoms with Crippen molar-refractivity contribution < 1.29 is 33.3 Å². The van der Waals surface area contributed by atoms with Crippen LogP contribution in [0.2, 0.25) is 0 Å². The Balaban J connectivity index is 1.01. The Morgan fingerprint density at radius 1 is 0.939 bits per heavy atom. The average Bonchev–Trinajstić information content (AvgIpc) is 3.42. The second kappa shape index (κ2) is 14.0. The molecule has 0 radical (unpaired) electrons. The predicted molar refractivity (Wildman–Crippen MR) is 185 cm³/mol. The maximum Gasteiger partial charge on any atom is 0.511 e. The monoisotopic (exact) mass is 670 g/mol. The van der Waals surface area contributed by atoms with E-state index in [1.165, 1.54) is 29.6 Å². The van der Waals surface area contributed by atoms with Crippen LogP contribution in [0.4, 0.5) is 9.59 Å². The van der Waals surface area contributed by atoms with Crippen molar-refractivity contribution in [2.24, 2.45) is 28.6 Å². The van der Waals surface area contributed by atoms with Crippen molar-refractivity contribution >= 4 is 23.8 Å². The molecule has 0 aliphatic heterocycles. The number of aromatic nitrogens is 1. The first-order valence-corrected chi connectivity index (χ1v) is 17.7. The number of nitrogens with one attached hydrogen (secondary N) is 1. The van der Waals surface area contributed by atoms with E-state index < -0.39 is 36.7 Å². The number of fused-ring (bicyclic) bond motifs is 5. The number of ether oxygens (including phenoxy) is 4. The van der Waals surface area contributed by atoms with Gasteiger partial charge in [-0.05, 0) is 111 Å². The number of benzene rings is 1. The van der Waals surface area contributed by atoms with Crippen LogP contribution in [0.3, 0.4) is 0 Å². The highest BCUT2D eigenvalue weighted by Gasteiger charge is 2.57. The molecule has 7 atom stereocenters. The first-order chi connectivity index (χ1) is 23.4. The Bertz CT molecular complexity index is 1580. The van der Waals surface area contributed by atoms with Gasteiger partial charge < -0.3 is 24.3 Å². The Morgan fingerprint density at radius 3 is 2.45 bits per heavy atom. The number of carbonyl (C=O) groups is 3. The quantitative estimate of drug-likeness (QED) is 0.129. The van der Waals surface area contributed by atoms with Crippen LogP contribution in [0.15, 0.2) is 72.6 Å². The van der Waals surface area contributed by atoms with Crippen LogP contribution >= 0.6 is 0 Å². The minimum atomic E-state index is -1.03. The number of allylic oxidation sites excluding steroid dienone is 3. The smallest absolute Gasteiger partial charge is 0.444 e. The molecule has 1 N–H and O–H groups in total. The summed E-state index contributed by atoms with van der Waals surface area (Å²) in [5.41, 5.74) is 4.47. The van der Waals surface area contributed by atoms with Gasteiger partial charge in [-0.25, -0.2) is 14.4 Å². The van der Waals surface area contributed by atoms with E-state index in [0.717, 1.165) is 31.2 Å². The third kappa shape index (κ3) is 7.55. The summed E-state index contributed by atoms with van der Waals surface area (Å²) in [6.07, 6.45) is 14.0. The second-order valence-corrected chi connectivity index (χ2v) is 15.7. The largest absolute Gasteiger partial charge is 0.511 e. The van der Waals surface area contributed by atoms with Gasteiger partial charge in [0, 0.05) is 25.2 Å². The molecule has 2 fully saturated rings. The van der Waals surface area contributed by atoms with Crippen molar-refractivity contribution in [3.05, 3.63) is 83.7 Å². The molecule has 49 heavy (non-hydrogen) atoms. The topological polar surface area (TPSA) is 113 Å². The number of pyridine rings is 1. The molecule has 1 unspecified atom stereocenters. The lowest BCUT2D eigenvalue weighted by atomic mass is 9.47. The van der Waals surface area contributed by atoms with E-state index in [1.54, 1.807) is 20.8 Å². The average molecular weight is 671 g/mol. The van der Waals surface area contributed by atoms with Gasteiger partial charge in [-0.1, -0.05) is 68.0 Å². The predicted octanol–water partition coefficient (Wildman–Crippen LogP) is 8.20. The van der Waals surface area contributed by atoms with E-state index in [2.05, 4.69) is 42.4 Å². The summed E-state index contributed by atoms with van der Waals surface area (Å²) in [5.74, 6) is 1.11. The molecule has 0 spiro atoms. The van der Waals surface area contributed by atoms with E-state index in [1.807, 2.05) is 48.8 Å². The van der Waals surface area contributed by atoms with Gasteiger partial charge in [0.2, 0.25) is 6.79 Å². The molecule has 9 nitrogen and oxygen atoms in total. The zero-order valence-electron chi connectivity index (χ0n) is 29.4. The van der Waals surface area contributed by atoms with Gasteiger partial charge in [0.1, 0.15) is 17.7 Å². The Hall–Kier alpha value is -4.14. The van der Waals surface area contributed by atoms with E-state index in [4.69, 9.17) is 18.9 Å². The standard InChI is InChI=1S/C40H50N2O7/c1-38(2,3)49-36(44)42-34(22-26-10-7-6-8-11-26)35(43)46-25-47-37(45)48-29-17-19-39(4)28(23-29)13-14-30-32-16-15-31(27-12-9-21-41-24-27)40(32,5)20-18-33(30)39/h6-13,15,21,24,29-30,32-34H,14,16-20,22-23,25H2,1-5H3,(H,42,44)/t29-,30-,32-,33-,34?,39-,40+/m0/s1. The van der Waals surface area contributed by atoms with E-state index in [0.29, 0.717) is 24.2 Å². The van der Waals surface area contributed by atoms with Gasteiger partial charge in [0.25, 0.3) is 0 Å². The van der Waals surface area contributed by atoms with Crippen molar-refractivity contribution in [2.45, 2.75) is 104 Å². The van der Waals surface area contributed by atoms with Crippen molar-refractivity contribution in [1.29, 1.82) is 0 Å². The van der Waals surface area contributed by atoms with Gasteiger partial charge >= 0.3 is 18.2 Å². The number of hydrogen-bond acceptors (Lipinski definition) is 8. The highest BCUT2D eigenvalue weighted by molar-refractivity contribution is 5.82. The van der Waals surface area contributed by atoms with Crippen molar-refractivity contribution in [3.8, 4) is 0 Å². The Kier molecular flexibility index (Phi) is 9.92. The molecule has 9 heteroatoms. The summed E-state index contributed by atoms with van der Waals surface area (Å²) in [7, 11) is 0. The zero-order valence-corrected chi connectivity index (χ0v) is 29.4. The van der Waals surface area contributed by atoms with E-state index in [9.17, 15) is 14.4 Å². The van der Waals surface area contributed by atoms with Crippen molar-refractivity contribution in [1.82, 2.24) is 10.3 Å². The Labute approximate surface area is 289 Å². The van der Waals surface area contributed by atoms with Crippen molar-refractivity contribution in [2.75, 3.05) is 6.79 Å². The van der Waals surface area contributed by atoms with Crippen LogP contribution in [0.5, 0.6) is 0 Å². The van der Waals surface area contributed by atoms with E-state index in [-0.39, 0.29) is 23.4 Å².